The van der Waals surface area contributed by atoms with Crippen molar-refractivity contribution >= 4 is 37.2 Å². The Balaban J connectivity index is -0.0000000150. The van der Waals surface area contributed by atoms with Crippen molar-refractivity contribution in [1.29, 1.82) is 10.5 Å². The molecule has 0 saturated carbocycles. The quantitative estimate of drug-likeness (QED) is 0.538. The smallest absolute Gasteiger partial charge is 0.181 e. The highest BCUT2D eigenvalue weighted by Gasteiger charge is 1.39. The lowest BCUT2D eigenvalue weighted by molar-refractivity contribution is 1.49. The third-order valence-corrected chi connectivity index (χ3v) is 0.0500. The lowest BCUT2D eigenvalue weighted by atomic mass is 10.9. The molecule has 0 atom stereocenters. The lowest BCUT2D eigenvalue weighted by Gasteiger charge is -1.16. The summed E-state index contributed by atoms with van der Waals surface area (Å²) in [7, 11) is 0. The first-order valence-corrected chi connectivity index (χ1v) is 0.697. The van der Waals surface area contributed by atoms with Gasteiger partial charge in [-0.05, 0) is 0 Å². The van der Waals surface area contributed by atoms with Gasteiger partial charge in [0.15, 0.2) is 12.1 Å². The van der Waals surface area contributed by atoms with Gasteiger partial charge in [0.05, 0.1) is 0 Å². The highest BCUT2D eigenvalue weighted by Crippen LogP contribution is 1.27. The summed E-state index contributed by atoms with van der Waals surface area (Å²) in [5.41, 5.74) is 0. The first kappa shape index (κ1) is 28.9. The fourth-order valence-electron chi connectivity index (χ4n) is 0. The van der Waals surface area contributed by atoms with Crippen molar-refractivity contribution in [2.75, 3.05) is 0 Å². The second kappa shape index (κ2) is 40.2. The van der Waals surface area contributed by atoms with Crippen LogP contribution in [0.3, 0.4) is 0 Å². The summed E-state index contributed by atoms with van der Waals surface area (Å²) in [6.07, 6.45) is 0. The van der Waals surface area contributed by atoms with Crippen molar-refractivity contribution in [1.82, 2.24) is 0 Å². The zero-order valence-electron chi connectivity index (χ0n) is 3.12. The van der Waals surface area contributed by atoms with Gasteiger partial charge in [-0.2, -0.15) is 10.5 Å². The molecule has 0 fully saturated rings. The molecule has 0 aliphatic rings. The van der Waals surface area contributed by atoms with Gasteiger partial charge in [-0.25, -0.2) is 0 Å². The highest BCUT2D eigenvalue weighted by molar-refractivity contribution is 5.86. The second-order valence-electron chi connectivity index (χ2n) is 0.224. The van der Waals surface area contributed by atoms with Crippen LogP contribution >= 0.6 is 37.2 Å². The zero-order chi connectivity index (χ0) is 3.41. The summed E-state index contributed by atoms with van der Waals surface area (Å²) in [6.45, 7) is 0. The SMILES string of the molecule is Cl.Cl.Cl.N#CC#N. The fourth-order valence-corrected chi connectivity index (χ4v) is 0. The van der Waals surface area contributed by atoms with E-state index in [4.69, 9.17) is 10.5 Å². The summed E-state index contributed by atoms with van der Waals surface area (Å²) >= 11 is 0. The Hall–Kier alpha value is -0.150. The van der Waals surface area contributed by atoms with E-state index < -0.39 is 0 Å². The van der Waals surface area contributed by atoms with Crippen LogP contribution in [0.2, 0.25) is 0 Å². The van der Waals surface area contributed by atoms with Crippen LogP contribution < -0.4 is 0 Å². The minimum Gasteiger partial charge on any atom is -0.181 e. The van der Waals surface area contributed by atoms with Gasteiger partial charge in [0.2, 0.25) is 0 Å². The van der Waals surface area contributed by atoms with Crippen LogP contribution in [-0.4, -0.2) is 0 Å². The van der Waals surface area contributed by atoms with Crippen LogP contribution in [0.4, 0.5) is 0 Å². The van der Waals surface area contributed by atoms with Gasteiger partial charge in [0, 0.05) is 0 Å². The van der Waals surface area contributed by atoms with Gasteiger partial charge in [-0.3, -0.25) is 0 Å². The van der Waals surface area contributed by atoms with E-state index in [1.54, 1.807) is 0 Å². The van der Waals surface area contributed by atoms with E-state index in [1.165, 1.54) is 12.1 Å². The standard InChI is InChI=1S/C2N2.3ClH/c3-1-2-4;;;/h;3*1H. The third-order valence-electron chi connectivity index (χ3n) is 0.0500. The van der Waals surface area contributed by atoms with E-state index >= 15 is 0 Å². The van der Waals surface area contributed by atoms with Gasteiger partial charge >= 0.3 is 0 Å². The maximum Gasteiger partial charge on any atom is 0.181 e. The molecule has 0 bridgehead atoms. The van der Waals surface area contributed by atoms with Gasteiger partial charge in [0.25, 0.3) is 0 Å². The van der Waals surface area contributed by atoms with Gasteiger partial charge in [0.1, 0.15) is 0 Å². The number of nitriles is 2. The summed E-state index contributed by atoms with van der Waals surface area (Å²) in [5, 5.41) is 14.5. The Labute approximate surface area is 60.3 Å². The minimum atomic E-state index is 0. The molecule has 0 radical (unpaired) electrons. The Kier molecular flexibility index (Phi) is 166. The Morgan fingerprint density at radius 3 is 0.857 bits per heavy atom. The van der Waals surface area contributed by atoms with E-state index in [0.29, 0.717) is 0 Å². The molecule has 0 saturated heterocycles. The van der Waals surface area contributed by atoms with Crippen LogP contribution in [-0.2, 0) is 0 Å². The molecule has 0 N–H and O–H groups in total. The number of hydrogen-bond donors (Lipinski definition) is 0. The molecular weight excluding hydrogens is 158 g/mol. The Morgan fingerprint density at radius 2 is 0.857 bits per heavy atom. The second-order valence-corrected chi connectivity index (χ2v) is 0.224. The highest BCUT2D eigenvalue weighted by atomic mass is 35.5. The molecular formula is C2H3Cl3N2. The molecule has 0 spiro atoms. The van der Waals surface area contributed by atoms with Crippen molar-refractivity contribution in [2.24, 2.45) is 0 Å². The topological polar surface area (TPSA) is 47.6 Å². The fraction of sp³-hybridized carbons (Fsp3) is 0. The first-order valence-electron chi connectivity index (χ1n) is 0.697. The average molecular weight is 161 g/mol. The van der Waals surface area contributed by atoms with E-state index in [0.717, 1.165) is 0 Å². The molecule has 42 valence electrons. The number of hydrogen-bond acceptors (Lipinski definition) is 2. The van der Waals surface area contributed by atoms with E-state index in [1.807, 2.05) is 0 Å². The predicted molar refractivity (Wildman–Crippen MR) is 33.0 cm³/mol. The zero-order valence-corrected chi connectivity index (χ0v) is 5.57. The molecule has 0 aromatic heterocycles. The van der Waals surface area contributed by atoms with Crippen molar-refractivity contribution in [3.05, 3.63) is 0 Å². The predicted octanol–water partition coefficient (Wildman–Crippen LogP) is 1.30. The van der Waals surface area contributed by atoms with Crippen LogP contribution in [0.15, 0.2) is 0 Å². The molecule has 5 heteroatoms. The van der Waals surface area contributed by atoms with Gasteiger partial charge in [-0.15, -0.1) is 37.2 Å². The summed E-state index contributed by atoms with van der Waals surface area (Å²) < 4.78 is 0. The Bertz CT molecular complexity index is 65.9. The van der Waals surface area contributed by atoms with E-state index in [9.17, 15) is 0 Å². The molecule has 0 aliphatic carbocycles. The van der Waals surface area contributed by atoms with Crippen LogP contribution in [0, 0.1) is 22.7 Å². The van der Waals surface area contributed by atoms with Crippen molar-refractivity contribution in [3.8, 4) is 12.1 Å². The van der Waals surface area contributed by atoms with Gasteiger partial charge < -0.3 is 0 Å². The molecule has 0 aliphatic heterocycles. The van der Waals surface area contributed by atoms with Crippen LogP contribution in [0.1, 0.15) is 0 Å². The molecule has 0 aromatic rings. The summed E-state index contributed by atoms with van der Waals surface area (Å²) in [6, 6.07) is 2.47. The Morgan fingerprint density at radius 1 is 0.714 bits per heavy atom. The summed E-state index contributed by atoms with van der Waals surface area (Å²) in [5.74, 6) is 0. The molecule has 0 heterocycles. The average Bonchev–Trinajstić information content (AvgIpc) is 1.37. The third kappa shape index (κ3) is 120. The maximum absolute atomic E-state index is 7.26. The van der Waals surface area contributed by atoms with Crippen molar-refractivity contribution in [2.45, 2.75) is 0 Å². The summed E-state index contributed by atoms with van der Waals surface area (Å²) in [4.78, 5) is 0. The van der Waals surface area contributed by atoms with E-state index in [2.05, 4.69) is 0 Å². The normalized spacial score (nSPS) is 1.43. The lowest BCUT2D eigenvalue weighted by Crippen LogP contribution is -1.26. The van der Waals surface area contributed by atoms with Crippen LogP contribution in [0.5, 0.6) is 0 Å². The van der Waals surface area contributed by atoms with Crippen molar-refractivity contribution in [3.63, 3.8) is 0 Å². The molecule has 2 nitrogen and oxygen atoms in total. The molecule has 0 amide bonds. The first-order chi connectivity index (χ1) is 1.91. The molecule has 7 heavy (non-hydrogen) atoms. The van der Waals surface area contributed by atoms with Crippen LogP contribution in [0.25, 0.3) is 0 Å². The number of nitrogens with zero attached hydrogens (tertiary/aromatic N) is 2. The molecule has 0 unspecified atom stereocenters. The van der Waals surface area contributed by atoms with E-state index in [-0.39, 0.29) is 37.2 Å². The molecule has 0 aromatic carbocycles. The van der Waals surface area contributed by atoms with Crippen molar-refractivity contribution < 1.29 is 0 Å². The number of halogens is 3. The largest absolute Gasteiger partial charge is 0.181 e. The molecule has 0 rings (SSSR count). The maximum atomic E-state index is 7.26. The number of rotatable bonds is 0. The monoisotopic (exact) mass is 160 g/mol. The minimum absolute atomic E-state index is 0. The van der Waals surface area contributed by atoms with Gasteiger partial charge in [-0.1, -0.05) is 0 Å².